The fraction of sp³-hybridized carbons (Fsp3) is 0.333. The van der Waals surface area contributed by atoms with E-state index in [1.807, 2.05) is 0 Å². The van der Waals surface area contributed by atoms with Crippen molar-refractivity contribution in [3.05, 3.63) is 18.0 Å². The molecule has 1 atom stereocenters. The van der Waals surface area contributed by atoms with Crippen molar-refractivity contribution < 1.29 is 4.79 Å². The number of nitrogens with two attached hydrogens (primary N) is 1. The molecule has 0 aliphatic carbocycles. The van der Waals surface area contributed by atoms with E-state index >= 15 is 0 Å². The lowest BCUT2D eigenvalue weighted by atomic mass is 10.3. The van der Waals surface area contributed by atoms with E-state index in [1.54, 1.807) is 30.2 Å². The Balaban J connectivity index is 2.88. The minimum Gasteiger partial charge on any atom is -0.344 e. The number of rotatable bonds is 0. The van der Waals surface area contributed by atoms with E-state index in [1.165, 1.54) is 0 Å². The zero-order valence-corrected chi connectivity index (χ0v) is 5.16. The van der Waals surface area contributed by atoms with Crippen molar-refractivity contribution in [1.82, 2.24) is 4.90 Å². The summed E-state index contributed by atoms with van der Waals surface area (Å²) in [7, 11) is 1.77. The fourth-order valence-electron chi connectivity index (χ4n) is 0.768. The molecule has 0 radical (unpaired) electrons. The molecule has 0 spiro atoms. The molecule has 1 aliphatic heterocycles. The second-order valence-electron chi connectivity index (χ2n) is 1.97. The maximum Gasteiger partial charge on any atom is 0.148 e. The highest BCUT2D eigenvalue weighted by Gasteiger charge is 2.15. The lowest BCUT2D eigenvalue weighted by Crippen LogP contribution is -2.22. The van der Waals surface area contributed by atoms with Gasteiger partial charge >= 0.3 is 0 Å². The van der Waals surface area contributed by atoms with Crippen LogP contribution >= 0.6 is 0 Å². The summed E-state index contributed by atoms with van der Waals surface area (Å²) in [4.78, 5) is 11.8. The van der Waals surface area contributed by atoms with Gasteiger partial charge in [0.05, 0.1) is 6.04 Å². The molecule has 1 heterocycles. The van der Waals surface area contributed by atoms with E-state index in [9.17, 15) is 4.79 Å². The average molecular weight is 124 g/mol. The molecule has 0 saturated carbocycles. The molecular formula is C6H8N2O. The van der Waals surface area contributed by atoms with Gasteiger partial charge < -0.3 is 10.6 Å². The van der Waals surface area contributed by atoms with Crippen molar-refractivity contribution in [2.24, 2.45) is 5.73 Å². The average Bonchev–Trinajstić information content (AvgIpc) is 2.12. The number of nitrogens with zero attached hydrogens (tertiary/aromatic N) is 1. The molecule has 0 saturated heterocycles. The molecule has 0 amide bonds. The van der Waals surface area contributed by atoms with Gasteiger partial charge in [0.15, 0.2) is 0 Å². The molecule has 1 rings (SSSR count). The van der Waals surface area contributed by atoms with Crippen molar-refractivity contribution in [3.8, 4) is 0 Å². The monoisotopic (exact) mass is 124 g/mol. The van der Waals surface area contributed by atoms with Crippen LogP contribution in [-0.4, -0.2) is 23.9 Å². The van der Waals surface area contributed by atoms with Gasteiger partial charge in [-0.15, -0.1) is 0 Å². The molecule has 0 aromatic carbocycles. The summed E-state index contributed by atoms with van der Waals surface area (Å²) >= 11 is 0. The Morgan fingerprint density at radius 2 is 2.56 bits per heavy atom. The van der Waals surface area contributed by atoms with Gasteiger partial charge in [0, 0.05) is 13.2 Å². The molecule has 0 fully saturated rings. The third-order valence-corrected chi connectivity index (χ3v) is 1.32. The van der Waals surface area contributed by atoms with E-state index in [0.717, 1.165) is 0 Å². The summed E-state index contributed by atoms with van der Waals surface area (Å²) in [5.74, 6) is 1.77. The molecule has 0 aromatic rings. The van der Waals surface area contributed by atoms with Gasteiger partial charge in [-0.3, -0.25) is 0 Å². The normalized spacial score (nSPS) is 24.9. The summed E-state index contributed by atoms with van der Waals surface area (Å²) in [6.07, 6.45) is 3.51. The van der Waals surface area contributed by atoms with Crippen LogP contribution in [0.1, 0.15) is 0 Å². The van der Waals surface area contributed by atoms with Crippen LogP contribution in [0, 0.1) is 0 Å². The summed E-state index contributed by atoms with van der Waals surface area (Å²) in [5.41, 5.74) is 5.95. The van der Waals surface area contributed by atoms with Crippen molar-refractivity contribution in [3.63, 3.8) is 0 Å². The molecule has 3 nitrogen and oxygen atoms in total. The van der Waals surface area contributed by atoms with E-state index in [2.05, 4.69) is 0 Å². The minimum absolute atomic E-state index is 0.257. The predicted octanol–water partition coefficient (Wildman–Crippen LogP) is -0.512. The van der Waals surface area contributed by atoms with Crippen LogP contribution in [0.4, 0.5) is 0 Å². The summed E-state index contributed by atoms with van der Waals surface area (Å²) in [6.45, 7) is 0. The van der Waals surface area contributed by atoms with Gasteiger partial charge in [-0.1, -0.05) is 0 Å². The molecule has 1 aliphatic rings. The minimum atomic E-state index is -0.257. The van der Waals surface area contributed by atoms with Gasteiger partial charge in [-0.2, -0.15) is 0 Å². The molecule has 2 N–H and O–H groups in total. The summed E-state index contributed by atoms with van der Waals surface area (Å²) in [6, 6.07) is -0.257. The van der Waals surface area contributed by atoms with Gasteiger partial charge in [0.2, 0.25) is 0 Å². The van der Waals surface area contributed by atoms with Crippen molar-refractivity contribution in [2.75, 3.05) is 7.05 Å². The third kappa shape index (κ3) is 0.875. The van der Waals surface area contributed by atoms with Crippen LogP contribution in [0.2, 0.25) is 0 Å². The first-order valence-corrected chi connectivity index (χ1v) is 2.67. The number of hydrogen-bond acceptors (Lipinski definition) is 3. The van der Waals surface area contributed by atoms with Crippen molar-refractivity contribution in [1.29, 1.82) is 0 Å². The highest BCUT2D eigenvalue weighted by Crippen LogP contribution is 2.10. The van der Waals surface area contributed by atoms with Gasteiger partial charge in [-0.25, -0.2) is 4.79 Å². The van der Waals surface area contributed by atoms with Gasteiger partial charge in [0.1, 0.15) is 11.6 Å². The smallest absolute Gasteiger partial charge is 0.148 e. The first-order valence-electron chi connectivity index (χ1n) is 2.67. The second-order valence-corrected chi connectivity index (χ2v) is 1.97. The number of likely N-dealkylation sites (N-methyl/N-ethyl adjacent to an activating group) is 1. The van der Waals surface area contributed by atoms with E-state index in [0.29, 0.717) is 5.70 Å². The topological polar surface area (TPSA) is 46.3 Å². The first-order chi connectivity index (χ1) is 4.25. The lowest BCUT2D eigenvalue weighted by Gasteiger charge is -2.08. The zero-order valence-electron chi connectivity index (χ0n) is 5.16. The second kappa shape index (κ2) is 2.05. The van der Waals surface area contributed by atoms with Crippen LogP contribution in [-0.2, 0) is 4.79 Å². The van der Waals surface area contributed by atoms with Crippen molar-refractivity contribution in [2.45, 2.75) is 6.04 Å². The third-order valence-electron chi connectivity index (χ3n) is 1.32. The Hall–Kier alpha value is -1.05. The highest BCUT2D eigenvalue weighted by molar-refractivity contribution is 5.56. The largest absolute Gasteiger partial charge is 0.344 e. The standard InChI is InChI=1S/C6H8N2O/c1-8-3-2-5(7)6(8)4-9/h2-3,5H,7H2,1H3. The molecule has 1 unspecified atom stereocenters. The molecule has 3 heteroatoms. The maximum atomic E-state index is 10.1. The molecule has 0 aromatic heterocycles. The van der Waals surface area contributed by atoms with Gasteiger partial charge in [-0.05, 0) is 6.08 Å². The SMILES string of the molecule is CN1C=CC(N)C1=C=O. The number of carbonyl (C=O) groups excluding carboxylic acids is 1. The van der Waals surface area contributed by atoms with Crippen LogP contribution in [0.3, 0.4) is 0 Å². The first kappa shape index (κ1) is 6.08. The van der Waals surface area contributed by atoms with E-state index in [4.69, 9.17) is 5.73 Å². The molecule has 48 valence electrons. The van der Waals surface area contributed by atoms with Crippen LogP contribution in [0.15, 0.2) is 18.0 Å². The van der Waals surface area contributed by atoms with Crippen LogP contribution in [0.25, 0.3) is 0 Å². The maximum absolute atomic E-state index is 10.1. The Labute approximate surface area is 53.4 Å². The molecular weight excluding hydrogens is 116 g/mol. The zero-order chi connectivity index (χ0) is 6.85. The fourth-order valence-corrected chi connectivity index (χ4v) is 0.768. The van der Waals surface area contributed by atoms with E-state index < -0.39 is 0 Å². The lowest BCUT2D eigenvalue weighted by molar-refractivity contribution is 0.535. The van der Waals surface area contributed by atoms with E-state index in [-0.39, 0.29) is 6.04 Å². The van der Waals surface area contributed by atoms with Crippen LogP contribution < -0.4 is 5.73 Å². The number of hydrogen-bond donors (Lipinski definition) is 1. The summed E-state index contributed by atoms with van der Waals surface area (Å²) in [5, 5.41) is 0. The van der Waals surface area contributed by atoms with Gasteiger partial charge in [0.25, 0.3) is 0 Å². The molecule has 0 bridgehead atoms. The van der Waals surface area contributed by atoms with Crippen LogP contribution in [0.5, 0.6) is 0 Å². The Morgan fingerprint density at radius 1 is 1.89 bits per heavy atom. The predicted molar refractivity (Wildman–Crippen MR) is 34.1 cm³/mol. The quantitative estimate of drug-likeness (QED) is 0.442. The molecule has 9 heavy (non-hydrogen) atoms. The summed E-state index contributed by atoms with van der Waals surface area (Å²) < 4.78 is 0. The Morgan fingerprint density at radius 3 is 2.78 bits per heavy atom. The highest BCUT2D eigenvalue weighted by atomic mass is 16.1. The Bertz CT molecular complexity index is 177. The Kier molecular flexibility index (Phi) is 1.39. The van der Waals surface area contributed by atoms with Crippen molar-refractivity contribution >= 4 is 5.94 Å².